The van der Waals surface area contributed by atoms with Gasteiger partial charge in [-0.25, -0.2) is 23.0 Å². The van der Waals surface area contributed by atoms with Gasteiger partial charge in [-0.15, -0.1) is 0 Å². The van der Waals surface area contributed by atoms with E-state index in [9.17, 15) is 18.0 Å². The fourth-order valence-corrected chi connectivity index (χ4v) is 3.13. The molecule has 0 fully saturated rings. The molecule has 2 heterocycles. The van der Waals surface area contributed by atoms with E-state index in [1.807, 2.05) is 0 Å². The van der Waals surface area contributed by atoms with Crippen LogP contribution in [0.25, 0.3) is 11.1 Å². The van der Waals surface area contributed by atoms with Gasteiger partial charge in [0.1, 0.15) is 5.82 Å². The second kappa shape index (κ2) is 6.40. The standard InChI is InChI=1S/C15H13N3O6S/c1-2-23-14(19)9-5-6-16-13(7-9)18-25(21,22)10-3-4-11-12(8-10)24-15(20)17-11/h3-8H,2H2,1H3,(H,16,18)(H,17,20). The fourth-order valence-electron chi connectivity index (χ4n) is 2.12. The molecule has 0 aliphatic rings. The molecule has 0 aliphatic carbocycles. The highest BCUT2D eigenvalue weighted by Gasteiger charge is 2.18. The van der Waals surface area contributed by atoms with Gasteiger partial charge in [-0.05, 0) is 31.2 Å². The Morgan fingerprint density at radius 3 is 2.88 bits per heavy atom. The van der Waals surface area contributed by atoms with Crippen LogP contribution in [-0.4, -0.2) is 31.0 Å². The van der Waals surface area contributed by atoms with E-state index in [0.717, 1.165) is 0 Å². The third-order valence-corrected chi connectivity index (χ3v) is 4.57. The maximum Gasteiger partial charge on any atom is 0.417 e. The lowest BCUT2D eigenvalue weighted by molar-refractivity contribution is 0.0526. The number of anilines is 1. The predicted molar refractivity (Wildman–Crippen MR) is 87.8 cm³/mol. The monoisotopic (exact) mass is 363 g/mol. The SMILES string of the molecule is CCOC(=O)c1ccnc(NS(=O)(=O)c2ccc3[nH]c(=O)oc3c2)c1. The first-order chi connectivity index (χ1) is 11.9. The molecule has 1 aromatic carbocycles. The molecule has 0 saturated carbocycles. The van der Waals surface area contributed by atoms with Crippen LogP contribution < -0.4 is 10.5 Å². The van der Waals surface area contributed by atoms with Crippen molar-refractivity contribution in [2.75, 3.05) is 11.3 Å². The first-order valence-electron chi connectivity index (χ1n) is 7.18. The second-order valence-electron chi connectivity index (χ2n) is 4.93. The number of hydrogen-bond acceptors (Lipinski definition) is 7. The Morgan fingerprint density at radius 1 is 1.32 bits per heavy atom. The number of aromatic amines is 1. The van der Waals surface area contributed by atoms with E-state index in [1.165, 1.54) is 36.5 Å². The van der Waals surface area contributed by atoms with Gasteiger partial charge in [0.15, 0.2) is 5.58 Å². The lowest BCUT2D eigenvalue weighted by Gasteiger charge is -2.08. The molecule has 0 spiro atoms. The molecule has 0 saturated heterocycles. The van der Waals surface area contributed by atoms with E-state index in [0.29, 0.717) is 5.52 Å². The lowest BCUT2D eigenvalue weighted by atomic mass is 10.3. The van der Waals surface area contributed by atoms with Gasteiger partial charge in [0, 0.05) is 12.3 Å². The Kier molecular flexibility index (Phi) is 4.28. The molecule has 0 amide bonds. The third-order valence-electron chi connectivity index (χ3n) is 3.21. The number of benzene rings is 1. The first-order valence-corrected chi connectivity index (χ1v) is 8.66. The summed E-state index contributed by atoms with van der Waals surface area (Å²) in [5, 5.41) is 0. The van der Waals surface area contributed by atoms with Crippen LogP contribution in [0.15, 0.2) is 50.6 Å². The van der Waals surface area contributed by atoms with E-state index in [-0.39, 0.29) is 28.5 Å². The smallest absolute Gasteiger partial charge is 0.417 e. The van der Waals surface area contributed by atoms with Crippen molar-refractivity contribution in [1.82, 2.24) is 9.97 Å². The van der Waals surface area contributed by atoms with Crippen molar-refractivity contribution in [2.45, 2.75) is 11.8 Å². The van der Waals surface area contributed by atoms with Crippen LogP contribution in [0.4, 0.5) is 5.82 Å². The van der Waals surface area contributed by atoms with Crippen LogP contribution in [0.2, 0.25) is 0 Å². The number of fused-ring (bicyclic) bond motifs is 1. The number of H-pyrrole nitrogens is 1. The molecule has 0 radical (unpaired) electrons. The molecular formula is C15H13N3O6S. The van der Waals surface area contributed by atoms with Crippen LogP contribution in [0.3, 0.4) is 0 Å². The summed E-state index contributed by atoms with van der Waals surface area (Å²) < 4.78 is 36.9. The number of esters is 1. The molecule has 0 aliphatic heterocycles. The van der Waals surface area contributed by atoms with Gasteiger partial charge in [0.05, 0.1) is 22.6 Å². The molecule has 0 unspecified atom stereocenters. The lowest BCUT2D eigenvalue weighted by Crippen LogP contribution is -2.14. The highest BCUT2D eigenvalue weighted by molar-refractivity contribution is 7.92. The van der Waals surface area contributed by atoms with Gasteiger partial charge in [0.25, 0.3) is 10.0 Å². The summed E-state index contributed by atoms with van der Waals surface area (Å²) in [6.07, 6.45) is 1.29. The van der Waals surface area contributed by atoms with E-state index in [2.05, 4.69) is 14.7 Å². The molecule has 25 heavy (non-hydrogen) atoms. The van der Waals surface area contributed by atoms with Gasteiger partial charge in [-0.3, -0.25) is 9.71 Å². The quantitative estimate of drug-likeness (QED) is 0.656. The topological polar surface area (TPSA) is 131 Å². The molecule has 10 heteroatoms. The average Bonchev–Trinajstić information content (AvgIpc) is 2.94. The van der Waals surface area contributed by atoms with Crippen molar-refractivity contribution in [3.05, 3.63) is 52.6 Å². The van der Waals surface area contributed by atoms with E-state index >= 15 is 0 Å². The van der Waals surface area contributed by atoms with Crippen molar-refractivity contribution < 1.29 is 22.4 Å². The molecule has 9 nitrogen and oxygen atoms in total. The van der Waals surface area contributed by atoms with Crippen molar-refractivity contribution in [3.8, 4) is 0 Å². The number of hydrogen-bond donors (Lipinski definition) is 2. The number of nitrogens with one attached hydrogen (secondary N) is 2. The number of ether oxygens (including phenoxy) is 1. The zero-order chi connectivity index (χ0) is 18.0. The summed E-state index contributed by atoms with van der Waals surface area (Å²) in [7, 11) is -3.99. The minimum atomic E-state index is -3.99. The van der Waals surface area contributed by atoms with Crippen molar-refractivity contribution >= 4 is 32.9 Å². The molecule has 2 N–H and O–H groups in total. The number of oxazole rings is 1. The number of rotatable bonds is 5. The number of nitrogens with zero attached hydrogens (tertiary/aromatic N) is 1. The summed E-state index contributed by atoms with van der Waals surface area (Å²) in [5.74, 6) is -1.30. The number of pyridine rings is 1. The van der Waals surface area contributed by atoms with Crippen LogP contribution in [-0.2, 0) is 14.8 Å². The highest BCUT2D eigenvalue weighted by atomic mass is 32.2. The molecule has 3 aromatic rings. The predicted octanol–water partition coefficient (Wildman–Crippen LogP) is 1.49. The van der Waals surface area contributed by atoms with E-state index in [1.54, 1.807) is 6.92 Å². The highest BCUT2D eigenvalue weighted by Crippen LogP contribution is 2.19. The van der Waals surface area contributed by atoms with E-state index < -0.39 is 21.7 Å². The normalized spacial score (nSPS) is 11.4. The molecule has 130 valence electrons. The van der Waals surface area contributed by atoms with Crippen LogP contribution >= 0.6 is 0 Å². The molecular weight excluding hydrogens is 350 g/mol. The molecule has 2 aromatic heterocycles. The maximum atomic E-state index is 12.5. The summed E-state index contributed by atoms with van der Waals surface area (Å²) in [6.45, 7) is 1.86. The summed E-state index contributed by atoms with van der Waals surface area (Å²) in [5.41, 5.74) is 0.661. The zero-order valence-corrected chi connectivity index (χ0v) is 13.8. The first kappa shape index (κ1) is 16.7. The Hall–Kier alpha value is -3.14. The largest absolute Gasteiger partial charge is 0.462 e. The summed E-state index contributed by atoms with van der Waals surface area (Å²) in [4.78, 5) is 29.0. The Morgan fingerprint density at radius 2 is 2.12 bits per heavy atom. The fraction of sp³-hybridized carbons (Fsp3) is 0.133. The van der Waals surface area contributed by atoms with Gasteiger partial charge >= 0.3 is 11.7 Å². The Labute approximate surface area is 141 Å². The molecule has 3 rings (SSSR count). The van der Waals surface area contributed by atoms with Gasteiger partial charge in [-0.1, -0.05) is 0 Å². The average molecular weight is 363 g/mol. The Balaban J connectivity index is 1.91. The molecule has 0 atom stereocenters. The Bertz CT molecular complexity index is 1100. The number of sulfonamides is 1. The maximum absolute atomic E-state index is 12.5. The second-order valence-corrected chi connectivity index (χ2v) is 6.61. The zero-order valence-electron chi connectivity index (χ0n) is 13.0. The molecule has 0 bridgehead atoms. The van der Waals surface area contributed by atoms with Gasteiger partial charge in [-0.2, -0.15) is 0 Å². The summed E-state index contributed by atoms with van der Waals surface area (Å²) >= 11 is 0. The third kappa shape index (κ3) is 3.53. The van der Waals surface area contributed by atoms with E-state index in [4.69, 9.17) is 9.15 Å². The number of carbonyl (C=O) groups excluding carboxylic acids is 1. The van der Waals surface area contributed by atoms with Gasteiger partial charge in [0.2, 0.25) is 0 Å². The van der Waals surface area contributed by atoms with Crippen LogP contribution in [0, 0.1) is 0 Å². The van der Waals surface area contributed by atoms with Crippen molar-refractivity contribution in [1.29, 1.82) is 0 Å². The van der Waals surface area contributed by atoms with Crippen LogP contribution in [0.5, 0.6) is 0 Å². The number of carbonyl (C=O) groups is 1. The number of aromatic nitrogens is 2. The summed E-state index contributed by atoms with van der Waals surface area (Å²) in [6, 6.07) is 6.62. The minimum Gasteiger partial charge on any atom is -0.462 e. The minimum absolute atomic E-state index is 0.0406. The van der Waals surface area contributed by atoms with Gasteiger partial charge < -0.3 is 9.15 Å². The van der Waals surface area contributed by atoms with Crippen molar-refractivity contribution in [3.63, 3.8) is 0 Å². The van der Waals surface area contributed by atoms with Crippen molar-refractivity contribution in [2.24, 2.45) is 0 Å². The van der Waals surface area contributed by atoms with Crippen LogP contribution in [0.1, 0.15) is 17.3 Å².